The Hall–Kier alpha value is -0.600. The van der Waals surface area contributed by atoms with Crippen LogP contribution in [0, 0.1) is 6.92 Å². The number of aryl methyl sites for hydroxylation is 1. The number of hydrogen-bond acceptors (Lipinski definition) is 1. The molecule has 0 aliphatic rings. The number of halogens is 1. The van der Waals surface area contributed by atoms with Crippen LogP contribution in [-0.2, 0) is 0 Å². The van der Waals surface area contributed by atoms with E-state index in [1.54, 1.807) is 0 Å². The van der Waals surface area contributed by atoms with Crippen molar-refractivity contribution >= 4 is 15.9 Å². The first kappa shape index (κ1) is 12.5. The van der Waals surface area contributed by atoms with Crippen molar-refractivity contribution in [3.63, 3.8) is 0 Å². The van der Waals surface area contributed by atoms with Gasteiger partial charge in [0.25, 0.3) is 0 Å². The second-order valence-corrected chi connectivity index (χ2v) is 4.71. The molecule has 1 unspecified atom stereocenters. The van der Waals surface area contributed by atoms with Gasteiger partial charge >= 0.3 is 0 Å². The van der Waals surface area contributed by atoms with Crippen LogP contribution in [0.1, 0.15) is 36.4 Å². The highest BCUT2D eigenvalue weighted by Gasteiger charge is 2.09. The molecule has 0 bridgehead atoms. The summed E-state index contributed by atoms with van der Waals surface area (Å²) in [6.45, 7) is 5.80. The van der Waals surface area contributed by atoms with Gasteiger partial charge in [0, 0.05) is 10.5 Å². The fourth-order valence-electron chi connectivity index (χ4n) is 1.58. The Labute approximate surface area is 101 Å². The predicted molar refractivity (Wildman–Crippen MR) is 69.9 cm³/mol. The van der Waals surface area contributed by atoms with Crippen molar-refractivity contribution < 1.29 is 0 Å². The number of benzene rings is 1. The van der Waals surface area contributed by atoms with Gasteiger partial charge in [0.2, 0.25) is 0 Å². The van der Waals surface area contributed by atoms with Crippen molar-refractivity contribution in [2.45, 2.75) is 32.2 Å². The second kappa shape index (κ2) is 6.09. The molecule has 1 rings (SSSR count). The number of hydrogen-bond donors (Lipinski definition) is 1. The lowest BCUT2D eigenvalue weighted by atomic mass is 10.0. The first-order chi connectivity index (χ1) is 7.15. The Bertz CT molecular complexity index is 333. The van der Waals surface area contributed by atoms with Crippen LogP contribution in [0.3, 0.4) is 0 Å². The van der Waals surface area contributed by atoms with Gasteiger partial charge in [-0.15, -0.1) is 6.58 Å². The molecule has 0 saturated carbocycles. The maximum absolute atomic E-state index is 6.14. The minimum atomic E-state index is 0.124. The molecule has 1 aromatic carbocycles. The summed E-state index contributed by atoms with van der Waals surface area (Å²) in [5, 5.41) is 0. The Morgan fingerprint density at radius 3 is 2.93 bits per heavy atom. The molecule has 0 spiro atoms. The van der Waals surface area contributed by atoms with E-state index in [1.807, 2.05) is 6.08 Å². The summed E-state index contributed by atoms with van der Waals surface area (Å²) in [5.41, 5.74) is 8.61. The van der Waals surface area contributed by atoms with Gasteiger partial charge < -0.3 is 5.73 Å². The normalized spacial score (nSPS) is 12.5. The number of rotatable bonds is 5. The lowest BCUT2D eigenvalue weighted by molar-refractivity contribution is 0.615. The smallest absolute Gasteiger partial charge is 0.0306 e. The molecule has 0 aliphatic carbocycles. The average Bonchev–Trinajstić information content (AvgIpc) is 2.22. The van der Waals surface area contributed by atoms with E-state index >= 15 is 0 Å². The minimum Gasteiger partial charge on any atom is -0.324 e. The summed E-state index contributed by atoms with van der Waals surface area (Å²) < 4.78 is 1.11. The van der Waals surface area contributed by atoms with Gasteiger partial charge in [-0.1, -0.05) is 39.7 Å². The van der Waals surface area contributed by atoms with Crippen molar-refractivity contribution in [2.24, 2.45) is 5.73 Å². The third kappa shape index (κ3) is 3.80. The number of allylic oxidation sites excluding steroid dienone is 1. The molecule has 1 nitrogen and oxygen atoms in total. The molecule has 82 valence electrons. The molecule has 2 N–H and O–H groups in total. The van der Waals surface area contributed by atoms with Crippen LogP contribution in [0.4, 0.5) is 0 Å². The van der Waals surface area contributed by atoms with E-state index in [0.29, 0.717) is 0 Å². The molecule has 15 heavy (non-hydrogen) atoms. The van der Waals surface area contributed by atoms with Crippen molar-refractivity contribution in [3.05, 3.63) is 46.5 Å². The van der Waals surface area contributed by atoms with Crippen LogP contribution >= 0.6 is 15.9 Å². The van der Waals surface area contributed by atoms with Crippen LogP contribution < -0.4 is 5.73 Å². The van der Waals surface area contributed by atoms with Crippen LogP contribution in [0.15, 0.2) is 35.3 Å². The molecule has 0 saturated heterocycles. The van der Waals surface area contributed by atoms with Gasteiger partial charge in [0.05, 0.1) is 0 Å². The SMILES string of the molecule is C=CCCCC(N)c1cc(C)ccc1Br. The number of nitrogens with two attached hydrogens (primary N) is 1. The van der Waals surface area contributed by atoms with Crippen molar-refractivity contribution in [3.8, 4) is 0 Å². The first-order valence-electron chi connectivity index (χ1n) is 5.27. The Balaban J connectivity index is 2.67. The van der Waals surface area contributed by atoms with Crippen LogP contribution in [0.25, 0.3) is 0 Å². The highest BCUT2D eigenvalue weighted by Crippen LogP contribution is 2.26. The average molecular weight is 268 g/mol. The molecule has 1 atom stereocenters. The Morgan fingerprint density at radius 2 is 2.27 bits per heavy atom. The van der Waals surface area contributed by atoms with Gasteiger partial charge in [-0.05, 0) is 37.8 Å². The summed E-state index contributed by atoms with van der Waals surface area (Å²) in [6, 6.07) is 6.43. The Morgan fingerprint density at radius 1 is 1.53 bits per heavy atom. The number of unbranched alkanes of at least 4 members (excludes halogenated alkanes) is 1. The highest BCUT2D eigenvalue weighted by molar-refractivity contribution is 9.10. The van der Waals surface area contributed by atoms with E-state index in [2.05, 4.69) is 47.6 Å². The topological polar surface area (TPSA) is 26.0 Å². The summed E-state index contributed by atoms with van der Waals surface area (Å²) in [7, 11) is 0. The summed E-state index contributed by atoms with van der Waals surface area (Å²) >= 11 is 3.54. The van der Waals surface area contributed by atoms with Crippen molar-refractivity contribution in [1.82, 2.24) is 0 Å². The standard InChI is InChI=1S/C13H18BrN/c1-3-4-5-6-13(15)11-9-10(2)7-8-12(11)14/h3,7-9,13H,1,4-6,15H2,2H3. The molecule has 0 aliphatic heterocycles. The van der Waals surface area contributed by atoms with Crippen LogP contribution in [0.2, 0.25) is 0 Å². The van der Waals surface area contributed by atoms with Gasteiger partial charge in [-0.25, -0.2) is 0 Å². The van der Waals surface area contributed by atoms with E-state index in [-0.39, 0.29) is 6.04 Å². The molecule has 0 radical (unpaired) electrons. The molecular weight excluding hydrogens is 250 g/mol. The molecule has 0 heterocycles. The van der Waals surface area contributed by atoms with E-state index in [1.165, 1.54) is 11.1 Å². The third-order valence-electron chi connectivity index (χ3n) is 2.47. The molecule has 0 fully saturated rings. The fraction of sp³-hybridized carbons (Fsp3) is 0.385. The van der Waals surface area contributed by atoms with Crippen LogP contribution in [-0.4, -0.2) is 0 Å². The zero-order valence-electron chi connectivity index (χ0n) is 9.17. The maximum atomic E-state index is 6.14. The fourth-order valence-corrected chi connectivity index (χ4v) is 2.13. The first-order valence-corrected chi connectivity index (χ1v) is 6.07. The van der Waals surface area contributed by atoms with Crippen LogP contribution in [0.5, 0.6) is 0 Å². The maximum Gasteiger partial charge on any atom is 0.0306 e. The van der Waals surface area contributed by atoms with E-state index in [0.717, 1.165) is 23.7 Å². The monoisotopic (exact) mass is 267 g/mol. The van der Waals surface area contributed by atoms with E-state index in [9.17, 15) is 0 Å². The Kier molecular flexibility index (Phi) is 5.06. The second-order valence-electron chi connectivity index (χ2n) is 3.85. The van der Waals surface area contributed by atoms with Crippen molar-refractivity contribution in [1.29, 1.82) is 0 Å². The van der Waals surface area contributed by atoms with Gasteiger partial charge in [0.1, 0.15) is 0 Å². The van der Waals surface area contributed by atoms with Gasteiger partial charge in [-0.2, -0.15) is 0 Å². The molecule has 0 amide bonds. The van der Waals surface area contributed by atoms with Crippen molar-refractivity contribution in [2.75, 3.05) is 0 Å². The quantitative estimate of drug-likeness (QED) is 0.631. The summed E-state index contributed by atoms with van der Waals surface area (Å²) in [6.07, 6.45) is 5.09. The van der Waals surface area contributed by atoms with E-state index < -0.39 is 0 Å². The van der Waals surface area contributed by atoms with E-state index in [4.69, 9.17) is 5.73 Å². The highest BCUT2D eigenvalue weighted by atomic mass is 79.9. The predicted octanol–water partition coefficient (Wildman–Crippen LogP) is 4.11. The lowest BCUT2D eigenvalue weighted by Gasteiger charge is -2.14. The largest absolute Gasteiger partial charge is 0.324 e. The lowest BCUT2D eigenvalue weighted by Crippen LogP contribution is -2.10. The minimum absolute atomic E-state index is 0.124. The summed E-state index contributed by atoms with van der Waals surface area (Å²) in [5.74, 6) is 0. The molecular formula is C13H18BrN. The zero-order valence-corrected chi connectivity index (χ0v) is 10.8. The zero-order chi connectivity index (χ0) is 11.3. The third-order valence-corrected chi connectivity index (χ3v) is 3.20. The van der Waals surface area contributed by atoms with Gasteiger partial charge in [0.15, 0.2) is 0 Å². The molecule has 0 aromatic heterocycles. The summed E-state index contributed by atoms with van der Waals surface area (Å²) in [4.78, 5) is 0. The molecule has 1 aromatic rings. The molecule has 2 heteroatoms. The van der Waals surface area contributed by atoms with Gasteiger partial charge in [-0.3, -0.25) is 0 Å².